The van der Waals surface area contributed by atoms with Gasteiger partial charge in [-0.3, -0.25) is 4.79 Å². The van der Waals surface area contributed by atoms with Gasteiger partial charge in [-0.25, -0.2) is 4.79 Å². The van der Waals surface area contributed by atoms with E-state index in [9.17, 15) is 9.59 Å². The summed E-state index contributed by atoms with van der Waals surface area (Å²) >= 11 is 0. The minimum Gasteiger partial charge on any atom is -0.478 e. The Bertz CT molecular complexity index is 446. The molecule has 0 spiro atoms. The van der Waals surface area contributed by atoms with Gasteiger partial charge in [0.25, 0.3) is 0 Å². The summed E-state index contributed by atoms with van der Waals surface area (Å²) in [5, 5.41) is 8.98. The van der Waals surface area contributed by atoms with Gasteiger partial charge in [-0.1, -0.05) is 6.08 Å². The van der Waals surface area contributed by atoms with Gasteiger partial charge in [0.05, 0.1) is 18.2 Å². The third-order valence-electron chi connectivity index (χ3n) is 3.21. The zero-order valence-electron chi connectivity index (χ0n) is 11.0. The molecule has 0 bridgehead atoms. The van der Waals surface area contributed by atoms with Crippen LogP contribution in [-0.2, 0) is 19.1 Å². The number of carbonyl (C=O) groups excluding carboxylic acids is 1. The number of ether oxygens (including phenoxy) is 2. The van der Waals surface area contributed by atoms with E-state index in [-0.39, 0.29) is 25.5 Å². The van der Waals surface area contributed by atoms with Gasteiger partial charge in [0.2, 0.25) is 0 Å². The van der Waals surface area contributed by atoms with Crippen LogP contribution in [-0.4, -0.2) is 47.4 Å². The van der Waals surface area contributed by atoms with E-state index in [1.54, 1.807) is 17.2 Å². The van der Waals surface area contributed by atoms with E-state index < -0.39 is 11.9 Å². The fourth-order valence-electron chi connectivity index (χ4n) is 2.17. The number of rotatable bonds is 5. The van der Waals surface area contributed by atoms with Crippen molar-refractivity contribution in [2.75, 3.05) is 13.2 Å². The molecule has 1 saturated heterocycles. The first-order valence-electron chi connectivity index (χ1n) is 6.49. The largest absolute Gasteiger partial charge is 0.478 e. The van der Waals surface area contributed by atoms with Crippen LogP contribution in [0.3, 0.4) is 0 Å². The maximum atomic E-state index is 11.0. The molecule has 0 aliphatic carbocycles. The van der Waals surface area contributed by atoms with Gasteiger partial charge >= 0.3 is 11.9 Å². The molecule has 20 heavy (non-hydrogen) atoms. The highest BCUT2D eigenvalue weighted by Crippen LogP contribution is 2.26. The summed E-state index contributed by atoms with van der Waals surface area (Å²) in [7, 11) is 0. The van der Waals surface area contributed by atoms with Crippen molar-refractivity contribution in [1.29, 1.82) is 0 Å². The molecule has 2 rings (SSSR count). The summed E-state index contributed by atoms with van der Waals surface area (Å²) in [5.74, 6) is -1.38. The van der Waals surface area contributed by atoms with E-state index in [1.165, 1.54) is 0 Å². The lowest BCUT2D eigenvalue weighted by Crippen LogP contribution is -2.30. The van der Waals surface area contributed by atoms with Crippen molar-refractivity contribution >= 4 is 11.9 Å². The second-order valence-electron chi connectivity index (χ2n) is 4.67. The van der Waals surface area contributed by atoms with Crippen LogP contribution < -0.4 is 5.73 Å². The lowest BCUT2D eigenvalue weighted by molar-refractivity contribution is -0.147. The van der Waals surface area contributed by atoms with Crippen LogP contribution in [0.15, 0.2) is 24.0 Å². The zero-order chi connectivity index (χ0) is 14.5. The molecule has 0 aromatic carbocycles. The maximum Gasteiger partial charge on any atom is 0.333 e. The molecule has 0 aromatic heterocycles. The highest BCUT2D eigenvalue weighted by molar-refractivity contribution is 5.87. The second kappa shape index (κ2) is 6.53. The Morgan fingerprint density at radius 1 is 1.50 bits per heavy atom. The molecule has 0 saturated carbocycles. The summed E-state index contributed by atoms with van der Waals surface area (Å²) in [6.07, 6.45) is 6.70. The summed E-state index contributed by atoms with van der Waals surface area (Å²) in [4.78, 5) is 23.7. The predicted molar refractivity (Wildman–Crippen MR) is 69.2 cm³/mol. The van der Waals surface area contributed by atoms with Gasteiger partial charge < -0.3 is 25.2 Å². The normalized spacial score (nSPS) is 25.4. The lowest BCUT2D eigenvalue weighted by atomic mass is 10.1. The molecule has 2 heterocycles. The van der Waals surface area contributed by atoms with Gasteiger partial charge in [0.1, 0.15) is 12.8 Å². The maximum absolute atomic E-state index is 11.0. The smallest absolute Gasteiger partial charge is 0.333 e. The van der Waals surface area contributed by atoms with Crippen LogP contribution in [0, 0.1) is 0 Å². The quantitative estimate of drug-likeness (QED) is 0.693. The van der Waals surface area contributed by atoms with E-state index >= 15 is 0 Å². The first kappa shape index (κ1) is 14.5. The molecule has 0 aromatic rings. The van der Waals surface area contributed by atoms with E-state index in [4.69, 9.17) is 20.3 Å². The summed E-state index contributed by atoms with van der Waals surface area (Å²) in [6.45, 7) is 0.0370. The Morgan fingerprint density at radius 3 is 3.00 bits per heavy atom. The van der Waals surface area contributed by atoms with Crippen molar-refractivity contribution in [1.82, 2.24) is 4.90 Å². The van der Waals surface area contributed by atoms with Crippen molar-refractivity contribution in [2.45, 2.75) is 31.6 Å². The van der Waals surface area contributed by atoms with Crippen molar-refractivity contribution in [3.63, 3.8) is 0 Å². The monoisotopic (exact) mass is 282 g/mol. The SMILES string of the molecule is NCC(=O)OC[C@@H]1CC[C@H](N2C=CCC(C(=O)O)=C2)O1. The Labute approximate surface area is 116 Å². The molecule has 3 N–H and O–H groups in total. The van der Waals surface area contributed by atoms with Gasteiger partial charge in [-0.2, -0.15) is 0 Å². The van der Waals surface area contributed by atoms with Gasteiger partial charge in [0.15, 0.2) is 0 Å². The second-order valence-corrected chi connectivity index (χ2v) is 4.67. The van der Waals surface area contributed by atoms with Crippen molar-refractivity contribution in [2.24, 2.45) is 5.73 Å². The van der Waals surface area contributed by atoms with E-state index in [2.05, 4.69) is 0 Å². The Hall–Kier alpha value is -1.86. The number of esters is 1. The van der Waals surface area contributed by atoms with E-state index in [0.717, 1.165) is 12.8 Å². The van der Waals surface area contributed by atoms with Gasteiger partial charge in [-0.05, 0) is 12.8 Å². The van der Waals surface area contributed by atoms with Gasteiger partial charge in [0, 0.05) is 18.8 Å². The van der Waals surface area contributed by atoms with Crippen molar-refractivity contribution in [3.8, 4) is 0 Å². The van der Waals surface area contributed by atoms with Crippen LogP contribution in [0.4, 0.5) is 0 Å². The molecule has 2 atom stereocenters. The van der Waals surface area contributed by atoms with Crippen LogP contribution in [0.25, 0.3) is 0 Å². The number of carboxylic acid groups (broad SMARTS) is 1. The molecule has 2 aliphatic rings. The lowest BCUT2D eigenvalue weighted by Gasteiger charge is -2.26. The van der Waals surface area contributed by atoms with E-state index in [1.807, 2.05) is 6.20 Å². The number of nitrogens with two attached hydrogens (primary N) is 1. The third kappa shape index (κ3) is 3.58. The van der Waals surface area contributed by atoms with Crippen LogP contribution in [0.2, 0.25) is 0 Å². The predicted octanol–water partition coefficient (Wildman–Crippen LogP) is 0.181. The zero-order valence-corrected chi connectivity index (χ0v) is 11.0. The fraction of sp³-hybridized carbons (Fsp3) is 0.538. The molecular formula is C13H18N2O5. The van der Waals surface area contributed by atoms with Crippen molar-refractivity contribution < 1.29 is 24.2 Å². The number of carboxylic acids is 1. The van der Waals surface area contributed by atoms with Gasteiger partial charge in [-0.15, -0.1) is 0 Å². The Morgan fingerprint density at radius 2 is 2.30 bits per heavy atom. The molecule has 0 amide bonds. The average molecular weight is 282 g/mol. The average Bonchev–Trinajstić information content (AvgIpc) is 2.93. The van der Waals surface area contributed by atoms with Crippen LogP contribution in [0.1, 0.15) is 19.3 Å². The third-order valence-corrected chi connectivity index (χ3v) is 3.21. The van der Waals surface area contributed by atoms with E-state index in [0.29, 0.717) is 12.0 Å². The number of allylic oxidation sites excluding steroid dienone is 1. The van der Waals surface area contributed by atoms with Crippen LogP contribution >= 0.6 is 0 Å². The molecule has 2 aliphatic heterocycles. The number of carbonyl (C=O) groups is 2. The molecule has 0 radical (unpaired) electrons. The summed E-state index contributed by atoms with van der Waals surface area (Å²) in [5.41, 5.74) is 5.48. The first-order valence-corrected chi connectivity index (χ1v) is 6.49. The number of hydrogen-bond donors (Lipinski definition) is 2. The molecule has 110 valence electrons. The van der Waals surface area contributed by atoms with Crippen molar-refractivity contribution in [3.05, 3.63) is 24.0 Å². The minimum absolute atomic E-state index is 0.143. The standard InChI is InChI=1S/C13H18N2O5/c14-6-12(16)19-8-10-3-4-11(20-10)15-5-1-2-9(7-15)13(17)18/h1,5,7,10-11H,2-4,6,8,14H2,(H,17,18)/t10-,11+/m0/s1. The number of hydrogen-bond acceptors (Lipinski definition) is 6. The first-order chi connectivity index (χ1) is 9.60. The fourth-order valence-corrected chi connectivity index (χ4v) is 2.17. The Kier molecular flexibility index (Phi) is 4.75. The highest BCUT2D eigenvalue weighted by atomic mass is 16.6. The molecule has 0 unspecified atom stereocenters. The molecule has 7 heteroatoms. The molecule has 7 nitrogen and oxygen atoms in total. The Balaban J connectivity index is 1.86. The minimum atomic E-state index is -0.925. The topological polar surface area (TPSA) is 102 Å². The number of aliphatic carboxylic acids is 1. The number of nitrogens with zero attached hydrogens (tertiary/aromatic N) is 1. The summed E-state index contributed by atoms with van der Waals surface area (Å²) < 4.78 is 10.7. The molecular weight excluding hydrogens is 264 g/mol. The highest BCUT2D eigenvalue weighted by Gasteiger charge is 2.30. The molecule has 1 fully saturated rings. The van der Waals surface area contributed by atoms with Crippen LogP contribution in [0.5, 0.6) is 0 Å². The summed E-state index contributed by atoms with van der Waals surface area (Å²) in [6, 6.07) is 0.